The first-order valence-electron chi connectivity index (χ1n) is 14.5. The van der Waals surface area contributed by atoms with Crippen LogP contribution < -0.4 is 0 Å². The SMILES string of the molecule is c1cncc(-c2cc(-c3cccnc3)cc(-c3cccc4c3oc3c(-c5ccc6oc7cccnc7c6c5)cccc34)c2)c1. The number of nitrogens with zero attached hydrogens (tertiary/aromatic N) is 3. The third-order valence-electron chi connectivity index (χ3n) is 8.29. The van der Waals surface area contributed by atoms with E-state index in [1.807, 2.05) is 42.7 Å². The van der Waals surface area contributed by atoms with Crippen molar-refractivity contribution in [1.82, 2.24) is 15.0 Å². The Kier molecular flexibility index (Phi) is 5.43. The average molecular weight is 566 g/mol. The molecule has 0 amide bonds. The van der Waals surface area contributed by atoms with Crippen molar-refractivity contribution < 1.29 is 8.83 Å². The molecule has 0 bridgehead atoms. The highest BCUT2D eigenvalue weighted by molar-refractivity contribution is 6.14. The van der Waals surface area contributed by atoms with E-state index in [2.05, 4.69) is 93.8 Å². The zero-order valence-corrected chi connectivity index (χ0v) is 23.4. The largest absolute Gasteiger partial charge is 0.455 e. The minimum absolute atomic E-state index is 0.783. The van der Waals surface area contributed by atoms with Gasteiger partial charge in [-0.25, -0.2) is 0 Å². The second kappa shape index (κ2) is 9.75. The Morgan fingerprint density at radius 2 is 1.05 bits per heavy atom. The van der Waals surface area contributed by atoms with Crippen molar-refractivity contribution in [1.29, 1.82) is 0 Å². The highest BCUT2D eigenvalue weighted by Crippen LogP contribution is 2.42. The molecule has 0 atom stereocenters. The second-order valence-electron chi connectivity index (χ2n) is 10.9. The fourth-order valence-electron chi connectivity index (χ4n) is 6.22. The van der Waals surface area contributed by atoms with E-state index in [9.17, 15) is 0 Å². The molecule has 5 aromatic heterocycles. The molecule has 0 aliphatic heterocycles. The van der Waals surface area contributed by atoms with Gasteiger partial charge in [-0.15, -0.1) is 0 Å². The van der Waals surface area contributed by atoms with Crippen LogP contribution in [-0.2, 0) is 0 Å². The van der Waals surface area contributed by atoms with Crippen LogP contribution in [0.25, 0.3) is 88.5 Å². The van der Waals surface area contributed by atoms with Crippen LogP contribution in [0.5, 0.6) is 0 Å². The predicted molar refractivity (Wildman–Crippen MR) is 176 cm³/mol. The normalized spacial score (nSPS) is 11.6. The molecule has 44 heavy (non-hydrogen) atoms. The van der Waals surface area contributed by atoms with Crippen LogP contribution in [0.3, 0.4) is 0 Å². The van der Waals surface area contributed by atoms with Crippen LogP contribution in [0, 0.1) is 0 Å². The fraction of sp³-hybridized carbons (Fsp3) is 0. The molecule has 206 valence electrons. The van der Waals surface area contributed by atoms with Gasteiger partial charge in [-0.05, 0) is 76.9 Å². The maximum absolute atomic E-state index is 6.83. The lowest BCUT2D eigenvalue weighted by atomic mass is 9.93. The highest BCUT2D eigenvalue weighted by Gasteiger charge is 2.18. The van der Waals surface area contributed by atoms with E-state index in [1.54, 1.807) is 18.6 Å². The number of benzene rings is 4. The Bertz CT molecular complexity index is 2440. The number of rotatable bonds is 4. The Morgan fingerprint density at radius 3 is 1.70 bits per heavy atom. The van der Waals surface area contributed by atoms with Crippen molar-refractivity contribution in [3.8, 4) is 44.5 Å². The molecule has 9 rings (SSSR count). The summed E-state index contributed by atoms with van der Waals surface area (Å²) in [6.07, 6.45) is 9.19. The Labute approximate surface area is 252 Å². The van der Waals surface area contributed by atoms with Gasteiger partial charge in [-0.2, -0.15) is 0 Å². The van der Waals surface area contributed by atoms with Gasteiger partial charge in [0, 0.05) is 69.4 Å². The molecule has 0 N–H and O–H groups in total. The molecule has 0 saturated carbocycles. The summed E-state index contributed by atoms with van der Waals surface area (Å²) in [6, 6.07) is 37.5. The number of furan rings is 2. The van der Waals surface area contributed by atoms with Crippen LogP contribution in [0.4, 0.5) is 0 Å². The molecule has 5 heteroatoms. The van der Waals surface area contributed by atoms with Gasteiger partial charge in [-0.1, -0.05) is 54.6 Å². The van der Waals surface area contributed by atoms with Crippen molar-refractivity contribution in [3.05, 3.63) is 140 Å². The van der Waals surface area contributed by atoms with Crippen molar-refractivity contribution in [2.24, 2.45) is 0 Å². The number of hydrogen-bond acceptors (Lipinski definition) is 5. The maximum Gasteiger partial charge on any atom is 0.153 e. The smallest absolute Gasteiger partial charge is 0.153 e. The first-order valence-corrected chi connectivity index (χ1v) is 14.5. The standard InChI is InChI=1S/C39H23N3O2/c1-8-30(24-13-14-35-34(21-24)37-36(43-35)12-5-17-42-37)38-32(10-1)33-11-2-9-31(39(33)44-38)29-19-27(25-6-3-15-40-22-25)18-28(20-29)26-7-4-16-41-23-26/h1-23H. The van der Waals surface area contributed by atoms with Crippen molar-refractivity contribution >= 4 is 44.0 Å². The number of aromatic nitrogens is 3. The lowest BCUT2D eigenvalue weighted by Crippen LogP contribution is -1.87. The molecule has 5 heterocycles. The van der Waals surface area contributed by atoms with E-state index in [0.29, 0.717) is 0 Å². The molecule has 5 nitrogen and oxygen atoms in total. The lowest BCUT2D eigenvalue weighted by molar-refractivity contribution is 0.667. The Morgan fingerprint density at radius 1 is 0.409 bits per heavy atom. The van der Waals surface area contributed by atoms with Crippen LogP contribution in [0.15, 0.2) is 149 Å². The number of para-hydroxylation sites is 2. The third kappa shape index (κ3) is 3.91. The summed E-state index contributed by atoms with van der Waals surface area (Å²) in [5.74, 6) is 0. The Balaban J connectivity index is 1.26. The van der Waals surface area contributed by atoms with E-state index in [1.165, 1.54) is 0 Å². The van der Waals surface area contributed by atoms with E-state index in [-0.39, 0.29) is 0 Å². The van der Waals surface area contributed by atoms with Gasteiger partial charge < -0.3 is 8.83 Å². The Hall–Kier alpha value is -6.07. The molecule has 4 aromatic carbocycles. The molecule has 0 spiro atoms. The maximum atomic E-state index is 6.83. The summed E-state index contributed by atoms with van der Waals surface area (Å²) in [6.45, 7) is 0. The van der Waals surface area contributed by atoms with E-state index in [0.717, 1.165) is 88.5 Å². The number of hydrogen-bond donors (Lipinski definition) is 0. The summed E-state index contributed by atoms with van der Waals surface area (Å²) in [5, 5.41) is 3.14. The quantitative estimate of drug-likeness (QED) is 0.212. The zero-order chi connectivity index (χ0) is 29.0. The number of pyridine rings is 3. The molecule has 9 aromatic rings. The monoisotopic (exact) mass is 565 g/mol. The molecular formula is C39H23N3O2. The van der Waals surface area contributed by atoms with Crippen LogP contribution in [0.2, 0.25) is 0 Å². The highest BCUT2D eigenvalue weighted by atomic mass is 16.3. The predicted octanol–water partition coefficient (Wildman–Crippen LogP) is 10.3. The topological polar surface area (TPSA) is 65.0 Å². The molecule has 0 aliphatic rings. The van der Waals surface area contributed by atoms with E-state index >= 15 is 0 Å². The van der Waals surface area contributed by atoms with Crippen molar-refractivity contribution in [2.45, 2.75) is 0 Å². The van der Waals surface area contributed by atoms with Crippen LogP contribution >= 0.6 is 0 Å². The fourth-order valence-corrected chi connectivity index (χ4v) is 6.22. The summed E-state index contributed by atoms with van der Waals surface area (Å²) in [4.78, 5) is 13.3. The molecule has 0 fully saturated rings. The van der Waals surface area contributed by atoms with Gasteiger partial charge in [-0.3, -0.25) is 15.0 Å². The van der Waals surface area contributed by atoms with Gasteiger partial charge in [0.05, 0.1) is 0 Å². The van der Waals surface area contributed by atoms with Crippen molar-refractivity contribution in [3.63, 3.8) is 0 Å². The first kappa shape index (κ1) is 24.5. The van der Waals surface area contributed by atoms with Crippen molar-refractivity contribution in [2.75, 3.05) is 0 Å². The van der Waals surface area contributed by atoms with E-state index < -0.39 is 0 Å². The summed E-state index contributed by atoms with van der Waals surface area (Å²) < 4.78 is 12.9. The van der Waals surface area contributed by atoms with Gasteiger partial charge in [0.15, 0.2) is 5.58 Å². The van der Waals surface area contributed by atoms with Crippen LogP contribution in [0.1, 0.15) is 0 Å². The lowest BCUT2D eigenvalue weighted by Gasteiger charge is -2.11. The summed E-state index contributed by atoms with van der Waals surface area (Å²) in [5.41, 5.74) is 12.6. The average Bonchev–Trinajstić information content (AvgIpc) is 3.67. The minimum atomic E-state index is 0.783. The third-order valence-corrected chi connectivity index (χ3v) is 8.29. The molecule has 0 aliphatic carbocycles. The molecular weight excluding hydrogens is 542 g/mol. The molecule has 0 radical (unpaired) electrons. The minimum Gasteiger partial charge on any atom is -0.455 e. The van der Waals surface area contributed by atoms with Gasteiger partial charge in [0.25, 0.3) is 0 Å². The molecule has 0 saturated heterocycles. The number of fused-ring (bicyclic) bond motifs is 6. The van der Waals surface area contributed by atoms with Gasteiger partial charge >= 0.3 is 0 Å². The summed E-state index contributed by atoms with van der Waals surface area (Å²) in [7, 11) is 0. The first-order chi connectivity index (χ1) is 21.8. The van der Waals surface area contributed by atoms with E-state index in [4.69, 9.17) is 8.83 Å². The summed E-state index contributed by atoms with van der Waals surface area (Å²) >= 11 is 0. The van der Waals surface area contributed by atoms with Gasteiger partial charge in [0.2, 0.25) is 0 Å². The second-order valence-corrected chi connectivity index (χ2v) is 10.9. The van der Waals surface area contributed by atoms with Crippen LogP contribution in [-0.4, -0.2) is 15.0 Å². The molecule has 0 unspecified atom stereocenters. The van der Waals surface area contributed by atoms with Gasteiger partial charge in [0.1, 0.15) is 22.3 Å². The zero-order valence-electron chi connectivity index (χ0n) is 23.4.